The molecule has 1 fully saturated rings. The maximum absolute atomic E-state index is 12.4. The number of benzene rings is 1. The first kappa shape index (κ1) is 13.7. The van der Waals surface area contributed by atoms with Crippen molar-refractivity contribution in [1.82, 2.24) is 4.90 Å². The molecule has 1 aliphatic heterocycles. The second-order valence-electron chi connectivity index (χ2n) is 4.67. The average Bonchev–Trinajstić information content (AvgIpc) is 2.28. The first-order chi connectivity index (χ1) is 8.45. The number of nitrogens with zero attached hydrogens (tertiary/aromatic N) is 1. The third-order valence-electron chi connectivity index (χ3n) is 3.14. The Labute approximate surface area is 110 Å². The van der Waals surface area contributed by atoms with Crippen molar-refractivity contribution in [2.75, 3.05) is 13.1 Å². The molecular weight excluding hydrogens is 263 g/mol. The van der Waals surface area contributed by atoms with E-state index in [-0.39, 0.29) is 5.38 Å². The minimum absolute atomic E-state index is 0.160. The van der Waals surface area contributed by atoms with Crippen LogP contribution in [0.1, 0.15) is 24.0 Å². The van der Waals surface area contributed by atoms with Gasteiger partial charge in [-0.05, 0) is 37.1 Å². The highest BCUT2D eigenvalue weighted by Crippen LogP contribution is 2.29. The van der Waals surface area contributed by atoms with Crippen molar-refractivity contribution in [1.29, 1.82) is 0 Å². The Balaban J connectivity index is 1.98. The summed E-state index contributed by atoms with van der Waals surface area (Å²) in [7, 11) is 0. The van der Waals surface area contributed by atoms with Crippen molar-refractivity contribution >= 4 is 11.6 Å². The van der Waals surface area contributed by atoms with E-state index in [0.29, 0.717) is 6.54 Å². The van der Waals surface area contributed by atoms with Gasteiger partial charge in [0.25, 0.3) is 0 Å². The lowest BCUT2D eigenvalue weighted by Gasteiger charge is -2.29. The monoisotopic (exact) mass is 277 g/mol. The normalized spacial score (nSPS) is 22.1. The van der Waals surface area contributed by atoms with Gasteiger partial charge in [-0.15, -0.1) is 11.6 Å². The van der Waals surface area contributed by atoms with Crippen LogP contribution in [-0.2, 0) is 12.7 Å². The highest BCUT2D eigenvalue weighted by Gasteiger charge is 2.30. The molecule has 2 rings (SSSR count). The van der Waals surface area contributed by atoms with E-state index in [2.05, 4.69) is 4.90 Å². The number of halogens is 4. The fourth-order valence-electron chi connectivity index (χ4n) is 2.20. The summed E-state index contributed by atoms with van der Waals surface area (Å²) >= 11 is 6.07. The summed E-state index contributed by atoms with van der Waals surface area (Å²) in [4.78, 5) is 2.18. The predicted octanol–water partition coefficient (Wildman–Crippen LogP) is 3.91. The number of alkyl halides is 4. The van der Waals surface area contributed by atoms with E-state index in [1.54, 1.807) is 12.1 Å². The molecule has 1 aromatic carbocycles. The van der Waals surface area contributed by atoms with Crippen molar-refractivity contribution in [3.05, 3.63) is 35.4 Å². The van der Waals surface area contributed by atoms with E-state index in [0.717, 1.165) is 43.6 Å². The smallest absolute Gasteiger partial charge is 0.298 e. The molecule has 0 spiro atoms. The molecule has 1 atom stereocenters. The lowest BCUT2D eigenvalue weighted by Crippen LogP contribution is -2.35. The van der Waals surface area contributed by atoms with Crippen LogP contribution in [0.2, 0.25) is 0 Å². The van der Waals surface area contributed by atoms with Crippen LogP contribution in [0.15, 0.2) is 24.3 Å². The van der Waals surface area contributed by atoms with E-state index in [1.165, 1.54) is 0 Å². The molecule has 1 aliphatic rings. The Bertz CT molecular complexity index is 388. The zero-order valence-corrected chi connectivity index (χ0v) is 10.6. The van der Waals surface area contributed by atoms with E-state index in [1.807, 2.05) is 0 Å². The second-order valence-corrected chi connectivity index (χ2v) is 5.29. The van der Waals surface area contributed by atoms with Gasteiger partial charge in [0.05, 0.1) is 5.56 Å². The lowest BCUT2D eigenvalue weighted by atomic mass is 10.1. The summed E-state index contributed by atoms with van der Waals surface area (Å²) in [5.41, 5.74) is 0.300. The quantitative estimate of drug-likeness (QED) is 0.741. The third kappa shape index (κ3) is 3.62. The molecule has 1 heterocycles. The van der Waals surface area contributed by atoms with E-state index in [4.69, 9.17) is 11.6 Å². The number of piperidine rings is 1. The largest absolute Gasteiger partial charge is 0.416 e. The summed E-state index contributed by atoms with van der Waals surface area (Å²) in [5, 5.41) is 0.160. The number of likely N-dealkylation sites (tertiary alicyclic amines) is 1. The van der Waals surface area contributed by atoms with Gasteiger partial charge in [0.15, 0.2) is 0 Å². The molecule has 1 unspecified atom stereocenters. The molecule has 5 heteroatoms. The van der Waals surface area contributed by atoms with Gasteiger partial charge in [-0.25, -0.2) is 0 Å². The van der Waals surface area contributed by atoms with Crippen LogP contribution in [0.3, 0.4) is 0 Å². The first-order valence-corrected chi connectivity index (χ1v) is 6.41. The van der Waals surface area contributed by atoms with Crippen LogP contribution in [0.5, 0.6) is 0 Å². The minimum atomic E-state index is -4.26. The van der Waals surface area contributed by atoms with E-state index < -0.39 is 11.7 Å². The van der Waals surface area contributed by atoms with Crippen molar-refractivity contribution < 1.29 is 13.2 Å². The van der Waals surface area contributed by atoms with Gasteiger partial charge in [0, 0.05) is 18.5 Å². The molecule has 1 nitrogen and oxygen atoms in total. The van der Waals surface area contributed by atoms with Crippen LogP contribution in [0.4, 0.5) is 13.2 Å². The summed E-state index contributed by atoms with van der Waals surface area (Å²) in [6.07, 6.45) is -2.19. The fraction of sp³-hybridized carbons (Fsp3) is 0.538. The van der Waals surface area contributed by atoms with Crippen molar-refractivity contribution in [3.63, 3.8) is 0 Å². The average molecular weight is 278 g/mol. The van der Waals surface area contributed by atoms with Crippen LogP contribution in [0, 0.1) is 0 Å². The Morgan fingerprint density at radius 1 is 1.22 bits per heavy atom. The Kier molecular flexibility index (Phi) is 4.17. The molecular formula is C13H15ClF3N. The number of hydrogen-bond donors (Lipinski definition) is 0. The van der Waals surface area contributed by atoms with Crippen LogP contribution in [-0.4, -0.2) is 23.4 Å². The van der Waals surface area contributed by atoms with Gasteiger partial charge in [-0.1, -0.05) is 12.1 Å². The van der Waals surface area contributed by atoms with E-state index >= 15 is 0 Å². The minimum Gasteiger partial charge on any atom is -0.298 e. The highest BCUT2D eigenvalue weighted by atomic mass is 35.5. The molecule has 0 radical (unpaired) electrons. The van der Waals surface area contributed by atoms with Crippen LogP contribution in [0.25, 0.3) is 0 Å². The molecule has 0 aromatic heterocycles. The number of hydrogen-bond acceptors (Lipinski definition) is 1. The van der Waals surface area contributed by atoms with Gasteiger partial charge < -0.3 is 0 Å². The van der Waals surface area contributed by atoms with Gasteiger partial charge in [-0.2, -0.15) is 13.2 Å². The van der Waals surface area contributed by atoms with Crippen molar-refractivity contribution in [2.24, 2.45) is 0 Å². The predicted molar refractivity (Wildman–Crippen MR) is 65.6 cm³/mol. The van der Waals surface area contributed by atoms with Crippen LogP contribution >= 0.6 is 11.6 Å². The first-order valence-electron chi connectivity index (χ1n) is 5.98. The molecule has 1 saturated heterocycles. The maximum Gasteiger partial charge on any atom is 0.416 e. The summed E-state index contributed by atoms with van der Waals surface area (Å²) < 4.78 is 37.2. The molecule has 0 aliphatic carbocycles. The highest BCUT2D eigenvalue weighted by molar-refractivity contribution is 6.20. The molecule has 0 N–H and O–H groups in total. The molecule has 0 saturated carbocycles. The SMILES string of the molecule is FC(F)(F)c1ccc(CN2CCCC(Cl)C2)cc1. The van der Waals surface area contributed by atoms with E-state index in [9.17, 15) is 13.2 Å². The van der Waals surface area contributed by atoms with Crippen LogP contribution < -0.4 is 0 Å². The zero-order valence-electron chi connectivity index (χ0n) is 9.88. The molecule has 100 valence electrons. The van der Waals surface area contributed by atoms with Gasteiger partial charge in [0.1, 0.15) is 0 Å². The Morgan fingerprint density at radius 2 is 1.89 bits per heavy atom. The third-order valence-corrected chi connectivity index (χ3v) is 3.49. The second kappa shape index (κ2) is 5.49. The van der Waals surface area contributed by atoms with Crippen molar-refractivity contribution in [3.8, 4) is 0 Å². The number of rotatable bonds is 2. The molecule has 0 bridgehead atoms. The molecule has 18 heavy (non-hydrogen) atoms. The fourth-order valence-corrected chi connectivity index (χ4v) is 2.55. The molecule has 0 amide bonds. The van der Waals surface area contributed by atoms with Gasteiger partial charge in [0.2, 0.25) is 0 Å². The summed E-state index contributed by atoms with van der Waals surface area (Å²) in [5.74, 6) is 0. The summed E-state index contributed by atoms with van der Waals surface area (Å²) in [6.45, 7) is 2.44. The van der Waals surface area contributed by atoms with Gasteiger partial charge in [-0.3, -0.25) is 4.90 Å². The van der Waals surface area contributed by atoms with Gasteiger partial charge >= 0.3 is 6.18 Å². The zero-order chi connectivity index (χ0) is 13.2. The lowest BCUT2D eigenvalue weighted by molar-refractivity contribution is -0.137. The standard InChI is InChI=1S/C13H15ClF3N/c14-12-2-1-7-18(9-12)8-10-3-5-11(6-4-10)13(15,16)17/h3-6,12H,1-2,7-9H2. The summed E-state index contributed by atoms with van der Waals surface area (Å²) in [6, 6.07) is 5.36. The Morgan fingerprint density at radius 3 is 2.44 bits per heavy atom. The van der Waals surface area contributed by atoms with Crippen molar-refractivity contribution in [2.45, 2.75) is 30.9 Å². The topological polar surface area (TPSA) is 3.24 Å². The Hall–Kier alpha value is -0.740. The maximum atomic E-state index is 12.4. The molecule has 1 aromatic rings.